The highest BCUT2D eigenvalue weighted by Gasteiger charge is 2.19. The van der Waals surface area contributed by atoms with Gasteiger partial charge < -0.3 is 24.0 Å². The van der Waals surface area contributed by atoms with Crippen molar-refractivity contribution in [1.82, 2.24) is 4.90 Å². The Bertz CT molecular complexity index is 705. The van der Waals surface area contributed by atoms with Crippen molar-refractivity contribution in [2.75, 3.05) is 71.7 Å². The number of aryl methyl sites for hydroxylation is 2. The summed E-state index contributed by atoms with van der Waals surface area (Å²) in [7, 11) is 3.85. The maximum absolute atomic E-state index is 5.67. The molecule has 0 unspecified atom stereocenters. The van der Waals surface area contributed by atoms with Crippen LogP contribution in [-0.4, -0.2) is 71.7 Å². The maximum Gasteiger partial charge on any atom is 0.0701 e. The van der Waals surface area contributed by atoms with Crippen LogP contribution in [0.2, 0.25) is 0 Å². The Morgan fingerprint density at radius 1 is 0.767 bits per heavy atom. The van der Waals surface area contributed by atoms with E-state index in [1.54, 1.807) is 7.11 Å². The van der Waals surface area contributed by atoms with E-state index in [4.69, 9.17) is 14.2 Å². The third kappa shape index (κ3) is 6.81. The molecule has 1 aliphatic heterocycles. The number of rotatable bonds is 13. The van der Waals surface area contributed by atoms with Crippen LogP contribution >= 0.6 is 0 Å². The van der Waals surface area contributed by atoms with Gasteiger partial charge in [-0.25, -0.2) is 0 Å². The van der Waals surface area contributed by atoms with E-state index in [0.29, 0.717) is 26.4 Å². The summed E-state index contributed by atoms with van der Waals surface area (Å²) in [5.74, 6) is 0. The fourth-order valence-electron chi connectivity index (χ4n) is 3.91. The van der Waals surface area contributed by atoms with Crippen LogP contribution in [0.1, 0.15) is 17.5 Å². The lowest BCUT2D eigenvalue weighted by Crippen LogP contribution is -2.28. The van der Waals surface area contributed by atoms with Gasteiger partial charge in [0.2, 0.25) is 0 Å². The third-order valence-electron chi connectivity index (χ3n) is 5.57. The van der Waals surface area contributed by atoms with E-state index >= 15 is 0 Å². The van der Waals surface area contributed by atoms with E-state index in [-0.39, 0.29) is 0 Å². The zero-order valence-corrected chi connectivity index (χ0v) is 18.5. The summed E-state index contributed by atoms with van der Waals surface area (Å²) in [5.41, 5.74) is 5.62. The Morgan fingerprint density at radius 3 is 1.97 bits per heavy atom. The lowest BCUT2D eigenvalue weighted by atomic mass is 10.0. The Morgan fingerprint density at radius 2 is 1.33 bits per heavy atom. The van der Waals surface area contributed by atoms with Gasteiger partial charge in [-0.2, -0.15) is 0 Å². The first-order chi connectivity index (χ1) is 14.8. The molecule has 5 nitrogen and oxygen atoms in total. The van der Waals surface area contributed by atoms with Gasteiger partial charge in [0.25, 0.3) is 0 Å². The summed E-state index contributed by atoms with van der Waals surface area (Å²) < 4.78 is 16.0. The molecule has 5 heteroatoms. The molecule has 0 fully saturated rings. The monoisotopic (exact) mass is 412 g/mol. The molecule has 0 N–H and O–H groups in total. The standard InChI is InChI=1S/C25H36N2O3/c1-26(16-17-29-20-21-30-19-18-28-2)14-7-15-27-24-10-5-3-8-22(24)12-13-23-9-4-6-11-25(23)27/h3-6,8-11H,7,12-21H2,1-2H3. The number of likely N-dealkylation sites (N-methyl/N-ethyl adjacent to an activating group) is 1. The average Bonchev–Trinajstić information content (AvgIpc) is 2.93. The zero-order valence-electron chi connectivity index (χ0n) is 18.5. The number of anilines is 2. The zero-order chi connectivity index (χ0) is 21.0. The summed E-state index contributed by atoms with van der Waals surface area (Å²) >= 11 is 0. The van der Waals surface area contributed by atoms with Gasteiger partial charge in [0, 0.05) is 31.6 Å². The van der Waals surface area contributed by atoms with E-state index in [9.17, 15) is 0 Å². The fraction of sp³-hybridized carbons (Fsp3) is 0.520. The summed E-state index contributed by atoms with van der Waals surface area (Å²) in [6.07, 6.45) is 3.32. The SMILES string of the molecule is COCCOCCOCCN(C)CCCN1c2ccccc2CCc2ccccc21. The fourth-order valence-corrected chi connectivity index (χ4v) is 3.91. The van der Waals surface area contributed by atoms with Gasteiger partial charge in [0.05, 0.1) is 33.0 Å². The molecule has 1 heterocycles. The smallest absolute Gasteiger partial charge is 0.0701 e. The van der Waals surface area contributed by atoms with Gasteiger partial charge in [0.15, 0.2) is 0 Å². The highest BCUT2D eigenvalue weighted by Crippen LogP contribution is 2.35. The van der Waals surface area contributed by atoms with Crippen molar-refractivity contribution in [1.29, 1.82) is 0 Å². The molecule has 0 aromatic heterocycles. The number of fused-ring (bicyclic) bond motifs is 2. The largest absolute Gasteiger partial charge is 0.382 e. The molecule has 0 atom stereocenters. The van der Waals surface area contributed by atoms with Crippen molar-refractivity contribution in [3.63, 3.8) is 0 Å². The Hall–Kier alpha value is -1.92. The summed E-state index contributed by atoms with van der Waals surface area (Å²) in [5, 5.41) is 0. The molecule has 0 saturated heterocycles. The number of hydrogen-bond donors (Lipinski definition) is 0. The minimum Gasteiger partial charge on any atom is -0.382 e. The molecule has 164 valence electrons. The first-order valence-electron chi connectivity index (χ1n) is 11.1. The summed E-state index contributed by atoms with van der Waals surface area (Å²) in [6, 6.07) is 17.7. The number of hydrogen-bond acceptors (Lipinski definition) is 5. The number of para-hydroxylation sites is 2. The Labute approximate surface area is 181 Å². The normalized spacial score (nSPS) is 13.2. The van der Waals surface area contributed by atoms with Crippen molar-refractivity contribution >= 4 is 11.4 Å². The molecule has 1 aliphatic rings. The van der Waals surface area contributed by atoms with Gasteiger partial charge in [-0.15, -0.1) is 0 Å². The van der Waals surface area contributed by atoms with Crippen molar-refractivity contribution in [2.45, 2.75) is 19.3 Å². The molecule has 0 radical (unpaired) electrons. The molecule has 0 spiro atoms. The molecule has 3 rings (SSSR count). The molecule has 2 aromatic rings. The second kappa shape index (κ2) is 12.7. The molecular weight excluding hydrogens is 376 g/mol. The van der Waals surface area contributed by atoms with Gasteiger partial charge in [-0.3, -0.25) is 0 Å². The molecule has 0 bridgehead atoms. The van der Waals surface area contributed by atoms with E-state index in [1.165, 1.54) is 22.5 Å². The second-order valence-corrected chi connectivity index (χ2v) is 7.78. The number of methoxy groups -OCH3 is 1. The Balaban J connectivity index is 1.43. The van der Waals surface area contributed by atoms with Crippen LogP contribution in [0.25, 0.3) is 0 Å². The van der Waals surface area contributed by atoms with E-state index in [1.807, 2.05) is 0 Å². The molecular formula is C25H36N2O3. The van der Waals surface area contributed by atoms with Gasteiger partial charge in [-0.1, -0.05) is 36.4 Å². The first kappa shape index (κ1) is 22.8. The van der Waals surface area contributed by atoms with Crippen LogP contribution in [0.15, 0.2) is 48.5 Å². The van der Waals surface area contributed by atoms with Crippen LogP contribution in [0.5, 0.6) is 0 Å². The molecule has 2 aromatic carbocycles. The summed E-state index contributed by atoms with van der Waals surface area (Å²) in [6.45, 7) is 6.27. The van der Waals surface area contributed by atoms with Crippen LogP contribution in [0.4, 0.5) is 11.4 Å². The topological polar surface area (TPSA) is 34.2 Å². The highest BCUT2D eigenvalue weighted by molar-refractivity contribution is 5.71. The van der Waals surface area contributed by atoms with Crippen molar-refractivity contribution in [3.05, 3.63) is 59.7 Å². The minimum atomic E-state index is 0.626. The third-order valence-corrected chi connectivity index (χ3v) is 5.57. The first-order valence-corrected chi connectivity index (χ1v) is 11.1. The van der Waals surface area contributed by atoms with Crippen LogP contribution in [0, 0.1) is 0 Å². The number of nitrogens with zero attached hydrogens (tertiary/aromatic N) is 2. The number of benzene rings is 2. The van der Waals surface area contributed by atoms with Crippen LogP contribution < -0.4 is 4.90 Å². The molecule has 0 saturated carbocycles. The molecule has 30 heavy (non-hydrogen) atoms. The van der Waals surface area contributed by atoms with Crippen LogP contribution in [-0.2, 0) is 27.1 Å². The quantitative estimate of drug-likeness (QED) is 0.466. The average molecular weight is 413 g/mol. The van der Waals surface area contributed by atoms with E-state index < -0.39 is 0 Å². The van der Waals surface area contributed by atoms with Gasteiger partial charge >= 0.3 is 0 Å². The second-order valence-electron chi connectivity index (χ2n) is 7.78. The highest BCUT2D eigenvalue weighted by atomic mass is 16.5. The molecule has 0 aliphatic carbocycles. The van der Waals surface area contributed by atoms with Gasteiger partial charge in [-0.05, 0) is 56.1 Å². The Kier molecular flexibility index (Phi) is 9.64. The molecule has 0 amide bonds. The van der Waals surface area contributed by atoms with Gasteiger partial charge in [0.1, 0.15) is 0 Å². The predicted molar refractivity (Wildman–Crippen MR) is 123 cm³/mol. The predicted octanol–water partition coefficient (Wildman–Crippen LogP) is 3.92. The van der Waals surface area contributed by atoms with Crippen molar-refractivity contribution in [3.8, 4) is 0 Å². The minimum absolute atomic E-state index is 0.626. The van der Waals surface area contributed by atoms with Crippen molar-refractivity contribution in [2.24, 2.45) is 0 Å². The summed E-state index contributed by atoms with van der Waals surface area (Å²) in [4.78, 5) is 4.86. The lowest BCUT2D eigenvalue weighted by Gasteiger charge is -2.28. The maximum atomic E-state index is 5.67. The van der Waals surface area contributed by atoms with E-state index in [0.717, 1.165) is 45.5 Å². The lowest BCUT2D eigenvalue weighted by molar-refractivity contribution is 0.0208. The number of ether oxygens (including phenoxy) is 3. The van der Waals surface area contributed by atoms with E-state index in [2.05, 4.69) is 65.4 Å². The van der Waals surface area contributed by atoms with Crippen molar-refractivity contribution < 1.29 is 14.2 Å². The van der Waals surface area contributed by atoms with Crippen LogP contribution in [0.3, 0.4) is 0 Å².